The van der Waals surface area contributed by atoms with Crippen molar-refractivity contribution in [3.63, 3.8) is 0 Å². The lowest BCUT2D eigenvalue weighted by molar-refractivity contribution is -0.302. The van der Waals surface area contributed by atoms with Gasteiger partial charge in [0.1, 0.15) is 24.4 Å². The Hall–Kier alpha value is -3.67. The Kier molecular flexibility index (Phi) is 62.0. The molecule has 6 N–H and O–H groups in total. The molecule has 0 aliphatic carbocycles. The smallest absolute Gasteiger partial charge is 0.220 e. The second-order valence-electron chi connectivity index (χ2n) is 24.6. The molecule has 7 unspecified atom stereocenters. The third-order valence-electron chi connectivity index (χ3n) is 16.4. The zero-order chi connectivity index (χ0) is 63.5. The van der Waals surface area contributed by atoms with Crippen LogP contribution in [-0.4, -0.2) is 87.5 Å². The molecule has 1 aliphatic heterocycles. The second kappa shape index (κ2) is 66.3. The molecule has 1 rings (SSSR count). The van der Waals surface area contributed by atoms with Crippen LogP contribution in [0.3, 0.4) is 0 Å². The molecule has 7 atom stereocenters. The summed E-state index contributed by atoms with van der Waals surface area (Å²) < 4.78 is 11.3. The summed E-state index contributed by atoms with van der Waals surface area (Å²) in [5.74, 6) is -0.192. The average molecular weight is 1230 g/mol. The van der Waals surface area contributed by atoms with Gasteiger partial charge in [0.2, 0.25) is 5.91 Å². The van der Waals surface area contributed by atoms with Crippen LogP contribution in [-0.2, 0) is 14.3 Å². The maximum absolute atomic E-state index is 13.1. The fourth-order valence-electron chi connectivity index (χ4n) is 10.8. The number of nitrogens with one attached hydrogen (secondary N) is 1. The number of amides is 1. The average Bonchev–Trinajstić information content (AvgIpc) is 3.31. The number of ether oxygens (including phenoxy) is 2. The molecule has 1 heterocycles. The molecule has 0 aromatic heterocycles. The Morgan fingerprint density at radius 3 is 1.09 bits per heavy atom. The molecule has 1 saturated heterocycles. The zero-order valence-electron chi connectivity index (χ0n) is 56.4. The van der Waals surface area contributed by atoms with Crippen molar-refractivity contribution in [3.8, 4) is 0 Å². The van der Waals surface area contributed by atoms with E-state index in [9.17, 15) is 30.3 Å². The van der Waals surface area contributed by atoms with Crippen LogP contribution < -0.4 is 5.32 Å². The Morgan fingerprint density at radius 2 is 0.716 bits per heavy atom. The minimum atomic E-state index is -1.58. The summed E-state index contributed by atoms with van der Waals surface area (Å²) in [6, 6.07) is -0.837. The summed E-state index contributed by atoms with van der Waals surface area (Å²) in [4.78, 5) is 13.1. The van der Waals surface area contributed by atoms with E-state index in [1.807, 2.05) is 6.08 Å². The SMILES string of the molecule is CC/C=C\C/C=C\C/C=C\C/C=C\C/C=C\C/C=C\C/C=C\C/C=C\CCCCCCCCCCCCCCCCCCC(=O)NC(COC1OC(CO)C(O)C(O)C1O)C(O)/C=C/CC/C=C/CC/C=C/CCCCCCCCCCCCCCCC. The number of aliphatic hydroxyl groups excluding tert-OH is 5. The van der Waals surface area contributed by atoms with Crippen LogP contribution in [0.15, 0.2) is 134 Å². The largest absolute Gasteiger partial charge is 0.394 e. The van der Waals surface area contributed by atoms with Crippen molar-refractivity contribution in [2.45, 2.75) is 346 Å². The van der Waals surface area contributed by atoms with Gasteiger partial charge in [0, 0.05) is 6.42 Å². The first-order chi connectivity index (χ1) is 43.3. The molecule has 1 aliphatic rings. The fraction of sp³-hybridized carbons (Fsp3) is 0.709. The van der Waals surface area contributed by atoms with Gasteiger partial charge in [-0.25, -0.2) is 0 Å². The molecule has 0 aromatic rings. The van der Waals surface area contributed by atoms with Gasteiger partial charge >= 0.3 is 0 Å². The highest BCUT2D eigenvalue weighted by atomic mass is 16.7. The predicted octanol–water partition coefficient (Wildman–Crippen LogP) is 20.4. The molecule has 0 spiro atoms. The van der Waals surface area contributed by atoms with E-state index >= 15 is 0 Å². The van der Waals surface area contributed by atoms with Crippen molar-refractivity contribution in [3.05, 3.63) is 134 Å². The monoisotopic (exact) mass is 1230 g/mol. The van der Waals surface area contributed by atoms with Crippen molar-refractivity contribution in [1.29, 1.82) is 0 Å². The number of carbonyl (C=O) groups excluding carboxylic acids is 1. The molecule has 0 bridgehead atoms. The number of aliphatic hydroxyl groups is 5. The third-order valence-corrected chi connectivity index (χ3v) is 16.4. The lowest BCUT2D eigenvalue weighted by Crippen LogP contribution is -2.60. The molecule has 0 saturated carbocycles. The van der Waals surface area contributed by atoms with Crippen molar-refractivity contribution in [1.82, 2.24) is 5.32 Å². The van der Waals surface area contributed by atoms with Gasteiger partial charge in [0.05, 0.1) is 25.4 Å². The van der Waals surface area contributed by atoms with Crippen molar-refractivity contribution in [2.24, 2.45) is 0 Å². The van der Waals surface area contributed by atoms with Gasteiger partial charge < -0.3 is 40.3 Å². The Bertz CT molecular complexity index is 1860. The maximum atomic E-state index is 13.1. The number of unbranched alkanes of at least 4 members (excludes halogenated alkanes) is 32. The molecule has 9 heteroatoms. The summed E-state index contributed by atoms with van der Waals surface area (Å²) in [5.41, 5.74) is 0. The van der Waals surface area contributed by atoms with Crippen LogP contribution in [0.5, 0.6) is 0 Å². The van der Waals surface area contributed by atoms with E-state index in [0.717, 1.165) is 96.3 Å². The highest BCUT2D eigenvalue weighted by Gasteiger charge is 2.44. The van der Waals surface area contributed by atoms with Crippen LogP contribution in [0.1, 0.15) is 303 Å². The Morgan fingerprint density at radius 1 is 0.398 bits per heavy atom. The molecule has 1 amide bonds. The van der Waals surface area contributed by atoms with Gasteiger partial charge in [-0.1, -0.05) is 321 Å². The standard InChI is InChI=1S/C79H135NO8/c1-3-5-7-9-11-13-15-17-19-21-23-25-27-29-30-31-32-33-34-35-36-37-38-39-40-41-42-43-44-45-47-49-51-53-55-57-59-61-63-65-67-69-75(83)80-72(71-87-79-78(86)77(85)76(84)74(70-81)88-79)73(82)68-66-64-62-60-58-56-54-52-50-48-46-28-26-24-22-20-18-16-14-12-10-8-6-4-2/h5,7,11,13,17,19,23,25,29-30,32-33,35-36,38-39,50,52,58,60,66,68,72-74,76-79,81-82,84-86H,3-4,6,8-10,12,14-16,18,20-22,24,26-28,31,34,37,40-49,51,53-57,59,61-65,67,69-71H2,1-2H3,(H,80,83)/b7-5-,13-11-,19-17-,25-23-,30-29-,33-32-,36-35-,39-38-,52-50+,60-58+,68-66+. The van der Waals surface area contributed by atoms with Gasteiger partial charge in [-0.05, 0) is 109 Å². The van der Waals surface area contributed by atoms with Crippen molar-refractivity contribution < 1.29 is 39.8 Å². The lowest BCUT2D eigenvalue weighted by Gasteiger charge is -2.40. The van der Waals surface area contributed by atoms with Gasteiger partial charge in [-0.15, -0.1) is 0 Å². The number of carbonyl (C=O) groups is 1. The van der Waals surface area contributed by atoms with E-state index in [-0.39, 0.29) is 12.5 Å². The summed E-state index contributed by atoms with van der Waals surface area (Å²) in [6.45, 7) is 3.66. The highest BCUT2D eigenvalue weighted by Crippen LogP contribution is 2.23. The highest BCUT2D eigenvalue weighted by molar-refractivity contribution is 5.76. The lowest BCUT2D eigenvalue weighted by atomic mass is 9.99. The van der Waals surface area contributed by atoms with E-state index in [2.05, 4.69) is 141 Å². The Balaban J connectivity index is 2.13. The minimum Gasteiger partial charge on any atom is -0.394 e. The number of hydrogen-bond donors (Lipinski definition) is 6. The van der Waals surface area contributed by atoms with Crippen LogP contribution >= 0.6 is 0 Å². The predicted molar refractivity (Wildman–Crippen MR) is 377 cm³/mol. The third kappa shape index (κ3) is 54.1. The first kappa shape index (κ1) is 82.3. The maximum Gasteiger partial charge on any atom is 0.220 e. The summed E-state index contributed by atoms with van der Waals surface area (Å²) in [5, 5.41) is 54.7. The van der Waals surface area contributed by atoms with Gasteiger partial charge in [0.25, 0.3) is 0 Å². The summed E-state index contributed by atoms with van der Waals surface area (Å²) in [6.07, 6.45) is 94.2. The number of hydrogen-bond acceptors (Lipinski definition) is 8. The van der Waals surface area contributed by atoms with E-state index in [4.69, 9.17) is 9.47 Å². The van der Waals surface area contributed by atoms with Crippen LogP contribution in [0, 0.1) is 0 Å². The number of allylic oxidation sites excluding steroid dienone is 21. The van der Waals surface area contributed by atoms with Crippen LogP contribution in [0.2, 0.25) is 0 Å². The van der Waals surface area contributed by atoms with Crippen LogP contribution in [0.25, 0.3) is 0 Å². The molecule has 0 aromatic carbocycles. The molecular formula is C79H135NO8. The van der Waals surface area contributed by atoms with Crippen LogP contribution in [0.4, 0.5) is 0 Å². The topological polar surface area (TPSA) is 149 Å². The normalized spacial score (nSPS) is 18.7. The quantitative estimate of drug-likeness (QED) is 0.0261. The van der Waals surface area contributed by atoms with E-state index < -0.39 is 49.5 Å². The first-order valence-electron chi connectivity index (χ1n) is 36.4. The van der Waals surface area contributed by atoms with E-state index in [0.29, 0.717) is 6.42 Å². The van der Waals surface area contributed by atoms with E-state index in [1.54, 1.807) is 6.08 Å². The van der Waals surface area contributed by atoms with E-state index in [1.165, 1.54) is 186 Å². The van der Waals surface area contributed by atoms with Crippen molar-refractivity contribution in [2.75, 3.05) is 13.2 Å². The van der Waals surface area contributed by atoms with Gasteiger partial charge in [-0.2, -0.15) is 0 Å². The van der Waals surface area contributed by atoms with Crippen molar-refractivity contribution >= 4 is 5.91 Å². The summed E-state index contributed by atoms with van der Waals surface area (Å²) >= 11 is 0. The van der Waals surface area contributed by atoms with Gasteiger partial charge in [-0.3, -0.25) is 4.79 Å². The molecule has 9 nitrogen and oxygen atoms in total. The zero-order valence-corrected chi connectivity index (χ0v) is 56.4. The molecule has 1 fully saturated rings. The molecular weight excluding hydrogens is 1090 g/mol. The summed E-state index contributed by atoms with van der Waals surface area (Å²) in [7, 11) is 0. The fourth-order valence-corrected chi connectivity index (χ4v) is 10.8. The van der Waals surface area contributed by atoms with Gasteiger partial charge in [0.15, 0.2) is 6.29 Å². The molecule has 504 valence electrons. The molecule has 0 radical (unpaired) electrons. The number of rotatable bonds is 62. The first-order valence-corrected chi connectivity index (χ1v) is 36.4. The second-order valence-corrected chi connectivity index (χ2v) is 24.6. The minimum absolute atomic E-state index is 0.192. The Labute approximate surface area is 541 Å². The molecule has 88 heavy (non-hydrogen) atoms.